The van der Waals surface area contributed by atoms with Crippen molar-refractivity contribution < 1.29 is 39.7 Å². The fourth-order valence-corrected chi connectivity index (χ4v) is 4.19. The lowest BCUT2D eigenvalue weighted by Crippen LogP contribution is -2.55. The Morgan fingerprint density at radius 2 is 1.69 bits per heavy atom. The number of halogens is 1. The standard InChI is InChI=1S/C23H27ClO8/c24-16-6-3-13(23-22(29)21(28)20(27)18(9-25)32-23)8-14(16)7-12-1-4-15(5-2-12)31-19-11-30-10-17(19)26/h1-6,8,17-23,25-29H,7,9-11H2/t17-,18+,19-,20+,21-,22+,23-/m0/s1. The predicted octanol–water partition coefficient (Wildman–Crippen LogP) is 0.584. The third-order valence-corrected chi connectivity index (χ3v) is 6.26. The van der Waals surface area contributed by atoms with E-state index in [0.717, 1.165) is 11.1 Å². The molecule has 2 saturated heterocycles. The molecule has 2 aliphatic heterocycles. The summed E-state index contributed by atoms with van der Waals surface area (Å²) in [6, 6.07) is 12.6. The second kappa shape index (κ2) is 10.0. The molecule has 0 amide bonds. The van der Waals surface area contributed by atoms with Gasteiger partial charge in [-0.1, -0.05) is 35.9 Å². The summed E-state index contributed by atoms with van der Waals surface area (Å²) in [7, 11) is 0. The van der Waals surface area contributed by atoms with Gasteiger partial charge in [0, 0.05) is 5.02 Å². The average Bonchev–Trinajstić information content (AvgIpc) is 3.19. The summed E-state index contributed by atoms with van der Waals surface area (Å²) in [6.45, 7) is 0.135. The molecule has 2 aromatic carbocycles. The van der Waals surface area contributed by atoms with Crippen LogP contribution in [0.15, 0.2) is 42.5 Å². The van der Waals surface area contributed by atoms with E-state index in [0.29, 0.717) is 29.4 Å². The van der Waals surface area contributed by atoms with Gasteiger partial charge in [-0.3, -0.25) is 0 Å². The molecular formula is C23H27ClO8. The molecule has 0 unspecified atom stereocenters. The Morgan fingerprint density at radius 1 is 0.938 bits per heavy atom. The van der Waals surface area contributed by atoms with Crippen LogP contribution in [-0.4, -0.2) is 82.0 Å². The zero-order valence-electron chi connectivity index (χ0n) is 17.3. The van der Waals surface area contributed by atoms with Crippen LogP contribution in [0.1, 0.15) is 22.8 Å². The number of hydrogen-bond donors (Lipinski definition) is 5. The first-order chi connectivity index (χ1) is 15.4. The lowest BCUT2D eigenvalue weighted by Gasteiger charge is -2.40. The molecule has 0 saturated carbocycles. The smallest absolute Gasteiger partial charge is 0.150 e. The number of rotatable bonds is 6. The van der Waals surface area contributed by atoms with Crippen molar-refractivity contribution in [1.82, 2.24) is 0 Å². The lowest BCUT2D eigenvalue weighted by atomic mass is 9.90. The van der Waals surface area contributed by atoms with Crippen molar-refractivity contribution in [1.29, 1.82) is 0 Å². The zero-order valence-corrected chi connectivity index (χ0v) is 18.0. The summed E-state index contributed by atoms with van der Waals surface area (Å²) in [5.74, 6) is 0.629. The normalized spacial score (nSPS) is 32.8. The van der Waals surface area contributed by atoms with Gasteiger partial charge in [0.1, 0.15) is 48.5 Å². The third kappa shape index (κ3) is 4.93. The summed E-state index contributed by atoms with van der Waals surface area (Å²) < 4.78 is 16.6. The van der Waals surface area contributed by atoms with Gasteiger partial charge >= 0.3 is 0 Å². The number of ether oxygens (including phenoxy) is 3. The van der Waals surface area contributed by atoms with Crippen LogP contribution in [0.3, 0.4) is 0 Å². The van der Waals surface area contributed by atoms with Crippen LogP contribution >= 0.6 is 11.6 Å². The zero-order chi connectivity index (χ0) is 22.8. The molecule has 0 spiro atoms. The number of aliphatic hydroxyl groups excluding tert-OH is 5. The number of benzene rings is 2. The maximum atomic E-state index is 10.4. The second-order valence-electron chi connectivity index (χ2n) is 8.18. The van der Waals surface area contributed by atoms with Gasteiger partial charge in [0.15, 0.2) is 0 Å². The summed E-state index contributed by atoms with van der Waals surface area (Å²) in [5, 5.41) is 50.2. The molecule has 9 heteroatoms. The van der Waals surface area contributed by atoms with Crippen LogP contribution in [-0.2, 0) is 15.9 Å². The molecule has 8 nitrogen and oxygen atoms in total. The largest absolute Gasteiger partial charge is 0.485 e. The third-order valence-electron chi connectivity index (χ3n) is 5.90. The van der Waals surface area contributed by atoms with Crippen LogP contribution in [0.25, 0.3) is 0 Å². The van der Waals surface area contributed by atoms with E-state index < -0.39 is 43.2 Å². The minimum atomic E-state index is -1.44. The van der Waals surface area contributed by atoms with E-state index in [1.165, 1.54) is 0 Å². The average molecular weight is 467 g/mol. The molecular weight excluding hydrogens is 440 g/mol. The minimum absolute atomic E-state index is 0.270. The molecule has 5 N–H and O–H groups in total. The van der Waals surface area contributed by atoms with Crippen molar-refractivity contribution in [2.45, 2.75) is 49.1 Å². The summed E-state index contributed by atoms with van der Waals surface area (Å²) in [6.07, 6.45) is -6.62. The van der Waals surface area contributed by atoms with E-state index >= 15 is 0 Å². The molecule has 2 heterocycles. The Bertz CT molecular complexity index is 905. The molecule has 7 atom stereocenters. The van der Waals surface area contributed by atoms with Gasteiger partial charge in [0.2, 0.25) is 0 Å². The molecule has 0 aliphatic carbocycles. The maximum Gasteiger partial charge on any atom is 0.150 e. The number of aliphatic hydroxyl groups is 5. The molecule has 0 bridgehead atoms. The molecule has 0 radical (unpaired) electrons. The molecule has 2 aliphatic rings. The van der Waals surface area contributed by atoms with Crippen molar-refractivity contribution in [3.63, 3.8) is 0 Å². The molecule has 2 fully saturated rings. The Hall–Kier alpha value is -1.75. The Kier molecular flexibility index (Phi) is 7.34. The highest BCUT2D eigenvalue weighted by molar-refractivity contribution is 6.31. The molecule has 32 heavy (non-hydrogen) atoms. The Balaban J connectivity index is 1.48. The molecule has 4 rings (SSSR count). The van der Waals surface area contributed by atoms with Crippen molar-refractivity contribution >= 4 is 11.6 Å². The fraction of sp³-hybridized carbons (Fsp3) is 0.478. The van der Waals surface area contributed by atoms with E-state index in [1.807, 2.05) is 24.3 Å². The van der Waals surface area contributed by atoms with Gasteiger partial charge in [0.25, 0.3) is 0 Å². The molecule has 0 aromatic heterocycles. The van der Waals surface area contributed by atoms with E-state index in [9.17, 15) is 25.5 Å². The van der Waals surface area contributed by atoms with Crippen LogP contribution in [0.5, 0.6) is 5.75 Å². The van der Waals surface area contributed by atoms with Gasteiger partial charge in [-0.05, 0) is 41.3 Å². The van der Waals surface area contributed by atoms with Gasteiger partial charge in [-0.25, -0.2) is 0 Å². The summed E-state index contributed by atoms with van der Waals surface area (Å²) >= 11 is 6.39. The van der Waals surface area contributed by atoms with Crippen LogP contribution < -0.4 is 4.74 Å². The van der Waals surface area contributed by atoms with Crippen LogP contribution in [0.4, 0.5) is 0 Å². The van der Waals surface area contributed by atoms with Crippen molar-refractivity contribution in [3.8, 4) is 5.75 Å². The van der Waals surface area contributed by atoms with Gasteiger partial charge < -0.3 is 39.7 Å². The first kappa shape index (κ1) is 23.4. The quantitative estimate of drug-likeness (QED) is 0.418. The highest BCUT2D eigenvalue weighted by atomic mass is 35.5. The van der Waals surface area contributed by atoms with Gasteiger partial charge in [0.05, 0.1) is 19.8 Å². The van der Waals surface area contributed by atoms with E-state index in [4.69, 9.17) is 25.8 Å². The highest BCUT2D eigenvalue weighted by Crippen LogP contribution is 2.34. The SMILES string of the molecule is OC[C@H]1O[C@@H](c2ccc(Cl)c(Cc3ccc(O[C@H]4COC[C@@H]4O)cc3)c2)[C@H](O)[C@@H](O)[C@@H]1O. The van der Waals surface area contributed by atoms with Crippen molar-refractivity contribution in [3.05, 3.63) is 64.2 Å². The van der Waals surface area contributed by atoms with E-state index in [1.54, 1.807) is 18.2 Å². The van der Waals surface area contributed by atoms with Crippen LogP contribution in [0, 0.1) is 0 Å². The molecule has 174 valence electrons. The van der Waals surface area contributed by atoms with Crippen molar-refractivity contribution in [2.24, 2.45) is 0 Å². The fourth-order valence-electron chi connectivity index (χ4n) is 4.00. The first-order valence-corrected chi connectivity index (χ1v) is 10.9. The van der Waals surface area contributed by atoms with E-state index in [-0.39, 0.29) is 12.7 Å². The summed E-state index contributed by atoms with van der Waals surface area (Å²) in [4.78, 5) is 0. The van der Waals surface area contributed by atoms with Crippen LogP contribution in [0.2, 0.25) is 5.02 Å². The second-order valence-corrected chi connectivity index (χ2v) is 8.59. The Labute approximate surface area is 190 Å². The Morgan fingerprint density at radius 3 is 2.34 bits per heavy atom. The minimum Gasteiger partial charge on any atom is -0.485 e. The molecule has 2 aromatic rings. The number of hydrogen-bond acceptors (Lipinski definition) is 8. The predicted molar refractivity (Wildman–Crippen MR) is 115 cm³/mol. The first-order valence-electron chi connectivity index (χ1n) is 10.5. The van der Waals surface area contributed by atoms with Crippen molar-refractivity contribution in [2.75, 3.05) is 19.8 Å². The maximum absolute atomic E-state index is 10.4. The summed E-state index contributed by atoms with van der Waals surface area (Å²) in [5.41, 5.74) is 2.33. The lowest BCUT2D eigenvalue weighted by molar-refractivity contribution is -0.231. The van der Waals surface area contributed by atoms with E-state index in [2.05, 4.69) is 0 Å². The topological polar surface area (TPSA) is 129 Å². The monoisotopic (exact) mass is 466 g/mol. The highest BCUT2D eigenvalue weighted by Gasteiger charge is 2.44. The van der Waals surface area contributed by atoms with Gasteiger partial charge in [-0.2, -0.15) is 0 Å². The van der Waals surface area contributed by atoms with Gasteiger partial charge in [-0.15, -0.1) is 0 Å².